The molecule has 21 heavy (non-hydrogen) atoms. The van der Waals surface area contributed by atoms with Crippen molar-refractivity contribution < 1.29 is 4.79 Å². The number of likely N-dealkylation sites (tertiary alicyclic amines) is 1. The summed E-state index contributed by atoms with van der Waals surface area (Å²) in [6, 6.07) is 10.8. The fraction of sp³-hybridized carbons (Fsp3) is 0.588. The van der Waals surface area contributed by atoms with Gasteiger partial charge < -0.3 is 10.6 Å². The first kappa shape index (κ1) is 16.0. The van der Waals surface area contributed by atoms with Gasteiger partial charge in [-0.1, -0.05) is 30.3 Å². The first-order valence-electron chi connectivity index (χ1n) is 7.84. The zero-order chi connectivity index (χ0) is 15.2. The number of nitrogens with zero attached hydrogens (tertiary/aromatic N) is 2. The highest BCUT2D eigenvalue weighted by Crippen LogP contribution is 2.18. The predicted octanol–water partition coefficient (Wildman–Crippen LogP) is 1.85. The van der Waals surface area contributed by atoms with E-state index in [1.165, 1.54) is 5.56 Å². The molecule has 1 aromatic rings. The maximum Gasteiger partial charge on any atom is 0.224 e. The Balaban J connectivity index is 1.89. The van der Waals surface area contributed by atoms with E-state index in [1.807, 2.05) is 24.9 Å². The predicted molar refractivity (Wildman–Crippen MR) is 85.8 cm³/mol. The van der Waals surface area contributed by atoms with E-state index in [4.69, 9.17) is 5.73 Å². The summed E-state index contributed by atoms with van der Waals surface area (Å²) in [7, 11) is 1.92. The molecule has 1 fully saturated rings. The molecule has 0 saturated carbocycles. The number of benzene rings is 1. The van der Waals surface area contributed by atoms with Crippen LogP contribution >= 0.6 is 0 Å². The molecule has 0 aliphatic carbocycles. The first-order valence-corrected chi connectivity index (χ1v) is 7.84. The Morgan fingerprint density at radius 3 is 2.81 bits per heavy atom. The van der Waals surface area contributed by atoms with Gasteiger partial charge in [0.05, 0.1) is 0 Å². The molecule has 2 unspecified atom stereocenters. The molecule has 1 aliphatic rings. The van der Waals surface area contributed by atoms with Crippen LogP contribution in [-0.2, 0) is 11.3 Å². The van der Waals surface area contributed by atoms with Crippen molar-refractivity contribution in [2.75, 3.05) is 20.1 Å². The molecule has 2 rings (SSSR count). The van der Waals surface area contributed by atoms with Crippen molar-refractivity contribution in [3.63, 3.8) is 0 Å². The molecule has 2 atom stereocenters. The summed E-state index contributed by atoms with van der Waals surface area (Å²) in [5, 5.41) is 0. The first-order chi connectivity index (χ1) is 10.1. The number of likely N-dealkylation sites (N-methyl/N-ethyl adjacent to an activating group) is 1. The highest BCUT2D eigenvalue weighted by Gasteiger charge is 2.26. The highest BCUT2D eigenvalue weighted by atomic mass is 16.2. The molecule has 4 heteroatoms. The molecule has 4 nitrogen and oxygen atoms in total. The number of hydrogen-bond acceptors (Lipinski definition) is 3. The van der Waals surface area contributed by atoms with Gasteiger partial charge in [0.15, 0.2) is 0 Å². The third kappa shape index (κ3) is 4.83. The van der Waals surface area contributed by atoms with E-state index in [0.29, 0.717) is 12.5 Å². The number of carbonyl (C=O) groups excluding carboxylic acids is 1. The van der Waals surface area contributed by atoms with E-state index in [1.54, 1.807) is 0 Å². The summed E-state index contributed by atoms with van der Waals surface area (Å²) >= 11 is 0. The Morgan fingerprint density at radius 2 is 2.14 bits per heavy atom. The molecule has 0 spiro atoms. The molecule has 1 heterocycles. The second kappa shape index (κ2) is 7.57. The van der Waals surface area contributed by atoms with Crippen LogP contribution in [0.2, 0.25) is 0 Å². The average Bonchev–Trinajstić information content (AvgIpc) is 2.47. The van der Waals surface area contributed by atoms with Gasteiger partial charge in [-0.25, -0.2) is 0 Å². The number of rotatable bonds is 5. The molecule has 2 N–H and O–H groups in total. The van der Waals surface area contributed by atoms with E-state index in [2.05, 4.69) is 29.2 Å². The summed E-state index contributed by atoms with van der Waals surface area (Å²) in [5.74, 6) is 0.163. The maximum atomic E-state index is 12.1. The summed E-state index contributed by atoms with van der Waals surface area (Å²) in [6.07, 6.45) is 2.67. The Bertz CT molecular complexity index is 447. The second-order valence-corrected chi connectivity index (χ2v) is 6.20. The molecule has 0 radical (unpaired) electrons. The molecule has 1 saturated heterocycles. The van der Waals surface area contributed by atoms with Crippen LogP contribution < -0.4 is 5.73 Å². The molecular formula is C17H27N3O. The Morgan fingerprint density at radius 1 is 1.43 bits per heavy atom. The van der Waals surface area contributed by atoms with Crippen LogP contribution in [0.15, 0.2) is 30.3 Å². The van der Waals surface area contributed by atoms with E-state index in [-0.39, 0.29) is 11.9 Å². The normalized spacial score (nSPS) is 21.0. The van der Waals surface area contributed by atoms with Gasteiger partial charge >= 0.3 is 0 Å². The van der Waals surface area contributed by atoms with Crippen LogP contribution in [0.5, 0.6) is 0 Å². The Kier molecular flexibility index (Phi) is 5.76. The topological polar surface area (TPSA) is 49.6 Å². The van der Waals surface area contributed by atoms with Crippen LogP contribution in [0.25, 0.3) is 0 Å². The molecule has 1 aliphatic heterocycles. The third-order valence-electron chi connectivity index (χ3n) is 4.17. The SMILES string of the molecule is CC(N)CC(=O)N(C)C1CCCN(Cc2ccccc2)C1. The lowest BCUT2D eigenvalue weighted by Gasteiger charge is -2.38. The zero-order valence-electron chi connectivity index (χ0n) is 13.2. The molecule has 0 aromatic heterocycles. The van der Waals surface area contributed by atoms with E-state index >= 15 is 0 Å². The lowest BCUT2D eigenvalue weighted by atomic mass is 10.0. The van der Waals surface area contributed by atoms with Crippen molar-refractivity contribution in [1.29, 1.82) is 0 Å². The van der Waals surface area contributed by atoms with Crippen LogP contribution in [-0.4, -0.2) is 47.9 Å². The van der Waals surface area contributed by atoms with Crippen molar-refractivity contribution >= 4 is 5.91 Å². The fourth-order valence-electron chi connectivity index (χ4n) is 2.96. The van der Waals surface area contributed by atoms with Gasteiger partial charge in [0.1, 0.15) is 0 Å². The highest BCUT2D eigenvalue weighted by molar-refractivity contribution is 5.76. The number of nitrogens with two attached hydrogens (primary N) is 1. The van der Waals surface area contributed by atoms with Gasteiger partial charge in [-0.05, 0) is 31.9 Å². The van der Waals surface area contributed by atoms with Crippen LogP contribution in [0, 0.1) is 0 Å². The standard InChI is InChI=1S/C17H27N3O/c1-14(18)11-17(21)19(2)16-9-6-10-20(13-16)12-15-7-4-3-5-8-15/h3-5,7-8,14,16H,6,9-13,18H2,1-2H3. The molecule has 116 valence electrons. The van der Waals surface area contributed by atoms with Crippen molar-refractivity contribution in [1.82, 2.24) is 9.80 Å². The van der Waals surface area contributed by atoms with Crippen molar-refractivity contribution in [2.45, 2.75) is 44.8 Å². The Labute approximate surface area is 127 Å². The third-order valence-corrected chi connectivity index (χ3v) is 4.17. The summed E-state index contributed by atoms with van der Waals surface area (Å²) in [4.78, 5) is 16.5. The van der Waals surface area contributed by atoms with Gasteiger partial charge in [-0.15, -0.1) is 0 Å². The number of hydrogen-bond donors (Lipinski definition) is 1. The molecular weight excluding hydrogens is 262 g/mol. The van der Waals surface area contributed by atoms with Gasteiger partial charge in [0.25, 0.3) is 0 Å². The molecule has 1 aromatic carbocycles. The largest absolute Gasteiger partial charge is 0.341 e. The lowest BCUT2D eigenvalue weighted by Crippen LogP contribution is -2.49. The van der Waals surface area contributed by atoms with Crippen molar-refractivity contribution in [3.8, 4) is 0 Å². The van der Waals surface area contributed by atoms with E-state index < -0.39 is 0 Å². The summed E-state index contributed by atoms with van der Waals surface area (Å²) < 4.78 is 0. The van der Waals surface area contributed by atoms with Crippen LogP contribution in [0.3, 0.4) is 0 Å². The smallest absolute Gasteiger partial charge is 0.224 e. The summed E-state index contributed by atoms with van der Waals surface area (Å²) in [5.41, 5.74) is 7.07. The second-order valence-electron chi connectivity index (χ2n) is 6.20. The molecule has 0 bridgehead atoms. The van der Waals surface area contributed by atoms with Crippen molar-refractivity contribution in [2.24, 2.45) is 5.73 Å². The number of carbonyl (C=O) groups is 1. The minimum absolute atomic E-state index is 0.0658. The van der Waals surface area contributed by atoms with E-state index in [0.717, 1.165) is 32.5 Å². The lowest BCUT2D eigenvalue weighted by molar-refractivity contribution is -0.133. The van der Waals surface area contributed by atoms with Gasteiger partial charge in [-0.2, -0.15) is 0 Å². The fourth-order valence-corrected chi connectivity index (χ4v) is 2.96. The number of amides is 1. The average molecular weight is 289 g/mol. The van der Waals surface area contributed by atoms with Crippen molar-refractivity contribution in [3.05, 3.63) is 35.9 Å². The minimum Gasteiger partial charge on any atom is -0.341 e. The zero-order valence-corrected chi connectivity index (χ0v) is 13.2. The van der Waals surface area contributed by atoms with E-state index in [9.17, 15) is 4.79 Å². The Hall–Kier alpha value is -1.39. The van der Waals surface area contributed by atoms with Crippen LogP contribution in [0.4, 0.5) is 0 Å². The van der Waals surface area contributed by atoms with Gasteiger partial charge in [-0.3, -0.25) is 9.69 Å². The van der Waals surface area contributed by atoms with Gasteiger partial charge in [0.2, 0.25) is 5.91 Å². The summed E-state index contributed by atoms with van der Waals surface area (Å²) in [6.45, 7) is 4.91. The quantitative estimate of drug-likeness (QED) is 0.900. The minimum atomic E-state index is -0.0658. The van der Waals surface area contributed by atoms with Gasteiger partial charge in [0, 0.05) is 38.6 Å². The number of piperidine rings is 1. The monoisotopic (exact) mass is 289 g/mol. The van der Waals surface area contributed by atoms with Crippen LogP contribution in [0.1, 0.15) is 31.7 Å². The molecule has 1 amide bonds. The maximum absolute atomic E-state index is 12.1.